The van der Waals surface area contributed by atoms with E-state index < -0.39 is 5.67 Å². The van der Waals surface area contributed by atoms with Gasteiger partial charge in [-0.25, -0.2) is 4.39 Å². The molecule has 5 heteroatoms. The molecule has 0 atom stereocenters. The minimum absolute atomic E-state index is 0.0245. The van der Waals surface area contributed by atoms with Crippen molar-refractivity contribution < 1.29 is 9.18 Å². The summed E-state index contributed by atoms with van der Waals surface area (Å²) in [5.41, 5.74) is -0.431. The van der Waals surface area contributed by atoms with Crippen molar-refractivity contribution in [3.63, 3.8) is 0 Å². The molecule has 0 unspecified atom stereocenters. The van der Waals surface area contributed by atoms with E-state index in [0.717, 1.165) is 45.6 Å². The summed E-state index contributed by atoms with van der Waals surface area (Å²) in [6.07, 6.45) is 17.5. The van der Waals surface area contributed by atoms with Crippen LogP contribution in [-0.4, -0.2) is 77.6 Å². The van der Waals surface area contributed by atoms with Gasteiger partial charge in [-0.2, -0.15) is 0 Å². The standard InChI is InChI=1S/C17H34FN.C16H32N2O/c1-16(2,3)10-8-6-5-7-9-13-19-14-11-17(4,18)12-15-19;1-5-6-7-8-9-10-11-17-12-13-18(15(19)14-17)16(2,3)4/h5-15H2,1-4H3;5-14H2,1-4H3. The Bertz CT molecular complexity index is 613. The Kier molecular flexibility index (Phi) is 16.6. The molecule has 0 N–H and O–H groups in total. The van der Waals surface area contributed by atoms with Gasteiger partial charge in [0.25, 0.3) is 0 Å². The fourth-order valence-corrected chi connectivity index (χ4v) is 5.50. The van der Waals surface area contributed by atoms with E-state index in [-0.39, 0.29) is 5.54 Å². The molecule has 4 nitrogen and oxygen atoms in total. The molecule has 2 fully saturated rings. The Balaban J connectivity index is 0.000000380. The first kappa shape index (κ1) is 35.3. The predicted octanol–water partition coefficient (Wildman–Crippen LogP) is 8.49. The van der Waals surface area contributed by atoms with Crippen LogP contribution in [0.1, 0.15) is 145 Å². The zero-order valence-electron chi connectivity index (χ0n) is 27.0. The van der Waals surface area contributed by atoms with Crippen molar-refractivity contribution in [2.75, 3.05) is 45.8 Å². The van der Waals surface area contributed by atoms with Crippen LogP contribution in [0.2, 0.25) is 0 Å². The highest BCUT2D eigenvalue weighted by molar-refractivity contribution is 5.79. The monoisotopic (exact) mass is 540 g/mol. The number of hydrogen-bond acceptors (Lipinski definition) is 3. The van der Waals surface area contributed by atoms with Crippen molar-refractivity contribution in [3.8, 4) is 0 Å². The Morgan fingerprint density at radius 3 is 1.71 bits per heavy atom. The molecule has 2 aliphatic rings. The fourth-order valence-electron chi connectivity index (χ4n) is 5.50. The van der Waals surface area contributed by atoms with Crippen LogP contribution >= 0.6 is 0 Å². The van der Waals surface area contributed by atoms with Crippen molar-refractivity contribution >= 4 is 5.91 Å². The average Bonchev–Trinajstić information content (AvgIpc) is 2.80. The van der Waals surface area contributed by atoms with Crippen molar-refractivity contribution in [3.05, 3.63) is 0 Å². The van der Waals surface area contributed by atoms with E-state index in [1.807, 2.05) is 4.90 Å². The van der Waals surface area contributed by atoms with Gasteiger partial charge < -0.3 is 9.80 Å². The van der Waals surface area contributed by atoms with Crippen molar-refractivity contribution in [1.82, 2.24) is 14.7 Å². The Morgan fingerprint density at radius 2 is 1.21 bits per heavy atom. The minimum atomic E-state index is -0.899. The van der Waals surface area contributed by atoms with Gasteiger partial charge in [0.05, 0.1) is 6.54 Å². The Morgan fingerprint density at radius 1 is 0.711 bits per heavy atom. The molecule has 38 heavy (non-hydrogen) atoms. The lowest BCUT2D eigenvalue weighted by Crippen LogP contribution is -2.56. The first-order valence-electron chi connectivity index (χ1n) is 16.2. The average molecular weight is 540 g/mol. The number of likely N-dealkylation sites (tertiary alicyclic amines) is 1. The molecule has 0 spiro atoms. The fraction of sp³-hybridized carbons (Fsp3) is 0.970. The first-order valence-corrected chi connectivity index (χ1v) is 16.2. The second-order valence-corrected chi connectivity index (χ2v) is 14.6. The molecule has 0 aromatic rings. The molecule has 2 saturated heterocycles. The zero-order chi connectivity index (χ0) is 28.7. The smallest absolute Gasteiger partial charge is 0.237 e. The summed E-state index contributed by atoms with van der Waals surface area (Å²) >= 11 is 0. The minimum Gasteiger partial charge on any atom is -0.335 e. The topological polar surface area (TPSA) is 26.8 Å². The molecule has 0 saturated carbocycles. The molecule has 2 aliphatic heterocycles. The molecule has 226 valence electrons. The van der Waals surface area contributed by atoms with Gasteiger partial charge in [-0.05, 0) is 78.3 Å². The third kappa shape index (κ3) is 17.1. The van der Waals surface area contributed by atoms with E-state index in [1.54, 1.807) is 6.92 Å². The van der Waals surface area contributed by atoms with Crippen molar-refractivity contribution in [2.45, 2.75) is 156 Å². The number of amides is 1. The molecular formula is C33H66FN3O. The predicted molar refractivity (Wildman–Crippen MR) is 164 cm³/mol. The molecule has 2 heterocycles. The summed E-state index contributed by atoms with van der Waals surface area (Å²) in [4.78, 5) is 18.9. The SMILES string of the molecule is CC(C)(C)CCCCCCCN1CCC(C)(F)CC1.CCCCCCCCN1CCN(C(C)(C)C)C(=O)C1. The van der Waals surface area contributed by atoms with Crippen molar-refractivity contribution in [1.29, 1.82) is 0 Å². The summed E-state index contributed by atoms with van der Waals surface area (Å²) in [6, 6.07) is 0. The van der Waals surface area contributed by atoms with Gasteiger partial charge in [-0.3, -0.25) is 9.69 Å². The Hall–Kier alpha value is -0.680. The van der Waals surface area contributed by atoms with E-state index in [2.05, 4.69) is 58.3 Å². The lowest BCUT2D eigenvalue weighted by molar-refractivity contribution is -0.141. The third-order valence-electron chi connectivity index (χ3n) is 8.24. The van der Waals surface area contributed by atoms with Crippen LogP contribution < -0.4 is 0 Å². The zero-order valence-corrected chi connectivity index (χ0v) is 27.0. The summed E-state index contributed by atoms with van der Waals surface area (Å²) in [6.45, 7) is 24.0. The number of piperazine rings is 1. The third-order valence-corrected chi connectivity index (χ3v) is 8.24. The maximum absolute atomic E-state index is 13.6. The van der Waals surface area contributed by atoms with Crippen LogP contribution in [0.4, 0.5) is 4.39 Å². The summed E-state index contributed by atoms with van der Waals surface area (Å²) in [5.74, 6) is 0.296. The van der Waals surface area contributed by atoms with Gasteiger partial charge in [0.2, 0.25) is 5.91 Å². The number of halogens is 1. The largest absolute Gasteiger partial charge is 0.335 e. The molecular weight excluding hydrogens is 473 g/mol. The number of unbranched alkanes of at least 4 members (excludes halogenated alkanes) is 9. The number of piperidine rings is 1. The van der Waals surface area contributed by atoms with Crippen LogP contribution in [0.5, 0.6) is 0 Å². The maximum atomic E-state index is 13.6. The number of carbonyl (C=O) groups is 1. The van der Waals surface area contributed by atoms with E-state index >= 15 is 0 Å². The lowest BCUT2D eigenvalue weighted by Gasteiger charge is -2.42. The molecule has 1 amide bonds. The number of carbonyl (C=O) groups excluding carboxylic acids is 1. The van der Waals surface area contributed by atoms with Gasteiger partial charge in [-0.1, -0.05) is 85.5 Å². The van der Waals surface area contributed by atoms with E-state index in [9.17, 15) is 9.18 Å². The molecule has 2 rings (SSSR count). The lowest BCUT2D eigenvalue weighted by atomic mass is 9.89. The van der Waals surface area contributed by atoms with Gasteiger partial charge >= 0.3 is 0 Å². The van der Waals surface area contributed by atoms with Gasteiger partial charge in [0.1, 0.15) is 5.67 Å². The molecule has 0 aliphatic carbocycles. The van der Waals surface area contributed by atoms with Crippen LogP contribution in [0.25, 0.3) is 0 Å². The normalized spacial score (nSPS) is 19.4. The highest BCUT2D eigenvalue weighted by atomic mass is 19.1. The van der Waals surface area contributed by atoms with Crippen LogP contribution in [-0.2, 0) is 4.79 Å². The molecule has 0 radical (unpaired) electrons. The second kappa shape index (κ2) is 17.9. The van der Waals surface area contributed by atoms with Gasteiger partial charge in [0, 0.05) is 31.7 Å². The molecule has 0 bridgehead atoms. The molecule has 0 aromatic heterocycles. The van der Waals surface area contributed by atoms with Gasteiger partial charge in [-0.15, -0.1) is 0 Å². The van der Waals surface area contributed by atoms with Gasteiger partial charge in [0.15, 0.2) is 0 Å². The van der Waals surface area contributed by atoms with E-state index in [1.165, 1.54) is 83.6 Å². The van der Waals surface area contributed by atoms with Crippen LogP contribution in [0.15, 0.2) is 0 Å². The summed E-state index contributed by atoms with van der Waals surface area (Å²) in [7, 11) is 0. The maximum Gasteiger partial charge on any atom is 0.237 e. The summed E-state index contributed by atoms with van der Waals surface area (Å²) in [5, 5.41) is 0. The quantitative estimate of drug-likeness (QED) is 0.207. The summed E-state index contributed by atoms with van der Waals surface area (Å²) < 4.78 is 13.6. The van der Waals surface area contributed by atoms with E-state index in [4.69, 9.17) is 0 Å². The number of rotatable bonds is 14. The second-order valence-electron chi connectivity index (χ2n) is 14.6. The number of hydrogen-bond donors (Lipinski definition) is 0. The van der Waals surface area contributed by atoms with Crippen molar-refractivity contribution in [2.24, 2.45) is 5.41 Å². The Labute approximate surface area is 237 Å². The van der Waals surface area contributed by atoms with E-state index in [0.29, 0.717) is 17.9 Å². The number of nitrogens with zero attached hydrogens (tertiary/aromatic N) is 3. The van der Waals surface area contributed by atoms with Crippen LogP contribution in [0.3, 0.4) is 0 Å². The highest BCUT2D eigenvalue weighted by Gasteiger charge is 2.31. The van der Waals surface area contributed by atoms with Crippen LogP contribution in [0, 0.1) is 5.41 Å². The first-order chi connectivity index (χ1) is 17.7. The molecule has 0 aromatic carbocycles. The number of alkyl halides is 1. The highest BCUT2D eigenvalue weighted by Crippen LogP contribution is 2.26.